The Kier molecular flexibility index (Phi) is 4.50. The number of carboxylic acids is 1. The lowest BCUT2D eigenvalue weighted by Crippen LogP contribution is -2.40. The molecular formula is C10H12ClNO4S. The highest BCUT2D eigenvalue weighted by Crippen LogP contribution is 2.20. The molecule has 0 aromatic heterocycles. The van der Waals surface area contributed by atoms with E-state index in [1.807, 2.05) is 0 Å². The molecule has 0 fully saturated rings. The van der Waals surface area contributed by atoms with Crippen LogP contribution in [-0.4, -0.2) is 25.5 Å². The van der Waals surface area contributed by atoms with E-state index >= 15 is 0 Å². The van der Waals surface area contributed by atoms with Gasteiger partial charge in [0.25, 0.3) is 0 Å². The summed E-state index contributed by atoms with van der Waals surface area (Å²) in [6.07, 6.45) is 0.152. The zero-order valence-electron chi connectivity index (χ0n) is 9.05. The molecule has 5 nitrogen and oxygen atoms in total. The third-order valence-electron chi connectivity index (χ3n) is 2.13. The standard InChI is InChI=1S/C10H12ClNO4S/c1-2-8(10(13)14)12-17(15,16)9-6-4-3-5-7(9)11/h3-6,8,12H,2H2,1H3,(H,13,14). The molecule has 0 bridgehead atoms. The van der Waals surface area contributed by atoms with Crippen LogP contribution in [0.5, 0.6) is 0 Å². The summed E-state index contributed by atoms with van der Waals surface area (Å²) in [5.41, 5.74) is 0. The molecule has 0 heterocycles. The van der Waals surface area contributed by atoms with Crippen LogP contribution in [0.2, 0.25) is 5.02 Å². The monoisotopic (exact) mass is 277 g/mol. The van der Waals surface area contributed by atoms with Gasteiger partial charge < -0.3 is 5.11 Å². The van der Waals surface area contributed by atoms with Crippen molar-refractivity contribution in [2.75, 3.05) is 0 Å². The van der Waals surface area contributed by atoms with Crippen LogP contribution < -0.4 is 4.72 Å². The molecule has 1 aromatic rings. The predicted octanol–water partition coefficient (Wildman–Crippen LogP) is 1.48. The minimum absolute atomic E-state index is 0.0558. The predicted molar refractivity (Wildman–Crippen MR) is 63.5 cm³/mol. The second kappa shape index (κ2) is 5.48. The molecule has 0 aliphatic rings. The number of halogens is 1. The zero-order chi connectivity index (χ0) is 13.1. The molecule has 0 aliphatic carbocycles. The Hall–Kier alpha value is -1.11. The first-order valence-corrected chi connectivity index (χ1v) is 6.74. The molecule has 17 heavy (non-hydrogen) atoms. The number of nitrogens with one attached hydrogen (secondary N) is 1. The zero-order valence-corrected chi connectivity index (χ0v) is 10.6. The van der Waals surface area contributed by atoms with E-state index in [0.29, 0.717) is 0 Å². The fourth-order valence-electron chi connectivity index (χ4n) is 1.22. The van der Waals surface area contributed by atoms with Gasteiger partial charge in [0, 0.05) is 0 Å². The molecule has 0 amide bonds. The molecule has 1 aromatic carbocycles. The number of hydrogen-bond donors (Lipinski definition) is 2. The van der Waals surface area contributed by atoms with Crippen molar-refractivity contribution in [2.45, 2.75) is 24.3 Å². The number of aliphatic carboxylic acids is 1. The van der Waals surface area contributed by atoms with E-state index in [9.17, 15) is 13.2 Å². The fourth-order valence-corrected chi connectivity index (χ4v) is 3.01. The first kappa shape index (κ1) is 14.0. The van der Waals surface area contributed by atoms with Gasteiger partial charge in [0.1, 0.15) is 10.9 Å². The number of benzene rings is 1. The van der Waals surface area contributed by atoms with Crippen molar-refractivity contribution in [1.29, 1.82) is 0 Å². The van der Waals surface area contributed by atoms with Gasteiger partial charge in [-0.1, -0.05) is 30.7 Å². The van der Waals surface area contributed by atoms with Gasteiger partial charge in [-0.25, -0.2) is 8.42 Å². The first-order chi connectivity index (χ1) is 7.88. The van der Waals surface area contributed by atoms with Gasteiger partial charge in [-0.15, -0.1) is 0 Å². The maximum absolute atomic E-state index is 11.9. The van der Waals surface area contributed by atoms with Crippen LogP contribution in [0.15, 0.2) is 29.2 Å². The largest absolute Gasteiger partial charge is 0.480 e. The molecular weight excluding hydrogens is 266 g/mol. The number of carboxylic acid groups (broad SMARTS) is 1. The number of hydrogen-bond acceptors (Lipinski definition) is 3. The SMILES string of the molecule is CCC(NS(=O)(=O)c1ccccc1Cl)C(=O)O. The minimum Gasteiger partial charge on any atom is -0.480 e. The van der Waals surface area contributed by atoms with E-state index in [4.69, 9.17) is 16.7 Å². The van der Waals surface area contributed by atoms with Crippen molar-refractivity contribution in [1.82, 2.24) is 4.72 Å². The van der Waals surface area contributed by atoms with Gasteiger partial charge >= 0.3 is 5.97 Å². The van der Waals surface area contributed by atoms with Crippen molar-refractivity contribution in [3.63, 3.8) is 0 Å². The van der Waals surface area contributed by atoms with Gasteiger partial charge in [-0.05, 0) is 18.6 Å². The molecule has 2 N–H and O–H groups in total. The molecule has 94 valence electrons. The molecule has 0 saturated heterocycles. The van der Waals surface area contributed by atoms with Crippen molar-refractivity contribution in [3.8, 4) is 0 Å². The van der Waals surface area contributed by atoms with Crippen molar-refractivity contribution in [3.05, 3.63) is 29.3 Å². The third kappa shape index (κ3) is 3.42. The van der Waals surface area contributed by atoms with Crippen molar-refractivity contribution >= 4 is 27.6 Å². The quantitative estimate of drug-likeness (QED) is 0.854. The van der Waals surface area contributed by atoms with Gasteiger partial charge in [-0.3, -0.25) is 4.79 Å². The van der Waals surface area contributed by atoms with Crippen LogP contribution in [0.1, 0.15) is 13.3 Å². The molecule has 1 unspecified atom stereocenters. The van der Waals surface area contributed by atoms with Gasteiger partial charge in [0.2, 0.25) is 10.0 Å². The first-order valence-electron chi connectivity index (χ1n) is 4.88. The van der Waals surface area contributed by atoms with E-state index in [2.05, 4.69) is 4.72 Å². The summed E-state index contributed by atoms with van der Waals surface area (Å²) in [5.74, 6) is -1.22. The second-order valence-corrected chi connectivity index (χ2v) is 5.44. The summed E-state index contributed by atoms with van der Waals surface area (Å²) < 4.78 is 25.8. The van der Waals surface area contributed by atoms with E-state index in [-0.39, 0.29) is 16.3 Å². The van der Waals surface area contributed by atoms with Crippen LogP contribution in [0.4, 0.5) is 0 Å². The average Bonchev–Trinajstić information content (AvgIpc) is 2.26. The highest BCUT2D eigenvalue weighted by atomic mass is 35.5. The molecule has 7 heteroatoms. The second-order valence-electron chi connectivity index (χ2n) is 3.35. The van der Waals surface area contributed by atoms with E-state index < -0.39 is 22.0 Å². The number of carbonyl (C=O) groups is 1. The summed E-state index contributed by atoms with van der Waals surface area (Å²) in [6.45, 7) is 1.58. The topological polar surface area (TPSA) is 83.5 Å². The Morgan fingerprint density at radius 1 is 1.47 bits per heavy atom. The van der Waals surface area contributed by atoms with Crippen LogP contribution >= 0.6 is 11.6 Å². The summed E-state index contributed by atoms with van der Waals surface area (Å²) in [4.78, 5) is 10.6. The Labute approximate surface area is 104 Å². The Morgan fingerprint density at radius 2 is 2.06 bits per heavy atom. The average molecular weight is 278 g/mol. The molecule has 1 atom stereocenters. The molecule has 1 rings (SSSR count). The highest BCUT2D eigenvalue weighted by Gasteiger charge is 2.25. The maximum Gasteiger partial charge on any atom is 0.321 e. The van der Waals surface area contributed by atoms with Crippen LogP contribution in [-0.2, 0) is 14.8 Å². The van der Waals surface area contributed by atoms with E-state index in [0.717, 1.165) is 0 Å². The normalized spacial score (nSPS) is 13.3. The van der Waals surface area contributed by atoms with Gasteiger partial charge in [0.15, 0.2) is 0 Å². The molecule has 0 radical (unpaired) electrons. The Bertz CT molecular complexity index is 515. The summed E-state index contributed by atoms with van der Waals surface area (Å²) in [5, 5.41) is 8.85. The number of rotatable bonds is 5. The summed E-state index contributed by atoms with van der Waals surface area (Å²) >= 11 is 5.75. The van der Waals surface area contributed by atoms with Crippen LogP contribution in [0, 0.1) is 0 Å². The van der Waals surface area contributed by atoms with Gasteiger partial charge in [-0.2, -0.15) is 4.72 Å². The van der Waals surface area contributed by atoms with Crippen LogP contribution in [0.25, 0.3) is 0 Å². The van der Waals surface area contributed by atoms with Crippen LogP contribution in [0.3, 0.4) is 0 Å². The van der Waals surface area contributed by atoms with E-state index in [1.165, 1.54) is 18.2 Å². The van der Waals surface area contributed by atoms with E-state index in [1.54, 1.807) is 13.0 Å². The Balaban J connectivity index is 3.05. The third-order valence-corrected chi connectivity index (χ3v) is 4.10. The molecule has 0 spiro atoms. The lowest BCUT2D eigenvalue weighted by atomic mass is 10.2. The maximum atomic E-state index is 11.9. The minimum atomic E-state index is -3.91. The lowest BCUT2D eigenvalue weighted by molar-refractivity contribution is -0.139. The highest BCUT2D eigenvalue weighted by molar-refractivity contribution is 7.89. The summed E-state index contributed by atoms with van der Waals surface area (Å²) in [6, 6.07) is 4.70. The lowest BCUT2D eigenvalue weighted by Gasteiger charge is -2.13. The molecule has 0 aliphatic heterocycles. The smallest absolute Gasteiger partial charge is 0.321 e. The Morgan fingerprint density at radius 3 is 2.53 bits per heavy atom. The van der Waals surface area contributed by atoms with Gasteiger partial charge in [0.05, 0.1) is 5.02 Å². The number of sulfonamides is 1. The molecule has 0 saturated carbocycles. The summed E-state index contributed by atoms with van der Waals surface area (Å²) in [7, 11) is -3.91. The van der Waals surface area contributed by atoms with Crippen molar-refractivity contribution < 1.29 is 18.3 Å². The van der Waals surface area contributed by atoms with Crippen molar-refractivity contribution in [2.24, 2.45) is 0 Å². The fraction of sp³-hybridized carbons (Fsp3) is 0.300.